The molecule has 1 aliphatic rings. The Bertz CT molecular complexity index is 538. The van der Waals surface area contributed by atoms with Gasteiger partial charge in [-0.05, 0) is 31.5 Å². The SMILES string of the molecule is C[C@H](Oc1ccc(Cl)cc1Cl)C(=O)N[C@@H]1CCSC1=O. The molecule has 20 heavy (non-hydrogen) atoms. The van der Waals surface area contributed by atoms with Gasteiger partial charge in [-0.25, -0.2) is 0 Å². The molecule has 0 unspecified atom stereocenters. The zero-order chi connectivity index (χ0) is 14.7. The first-order valence-electron chi connectivity index (χ1n) is 6.06. The normalized spacial score (nSPS) is 19.8. The molecule has 1 heterocycles. The van der Waals surface area contributed by atoms with Crippen molar-refractivity contribution < 1.29 is 14.3 Å². The number of benzene rings is 1. The summed E-state index contributed by atoms with van der Waals surface area (Å²) in [6.45, 7) is 1.60. The van der Waals surface area contributed by atoms with Crippen molar-refractivity contribution >= 4 is 46.0 Å². The van der Waals surface area contributed by atoms with E-state index in [2.05, 4.69) is 5.32 Å². The van der Waals surface area contributed by atoms with Crippen LogP contribution in [0.4, 0.5) is 0 Å². The maximum atomic E-state index is 12.0. The molecule has 0 aliphatic carbocycles. The number of nitrogens with one attached hydrogen (secondary N) is 1. The van der Waals surface area contributed by atoms with Crippen LogP contribution in [-0.4, -0.2) is 28.9 Å². The summed E-state index contributed by atoms with van der Waals surface area (Å²) in [6, 6.07) is 4.36. The molecule has 2 rings (SSSR count). The van der Waals surface area contributed by atoms with Crippen LogP contribution in [0.25, 0.3) is 0 Å². The van der Waals surface area contributed by atoms with Crippen LogP contribution in [0.5, 0.6) is 5.75 Å². The van der Waals surface area contributed by atoms with E-state index in [0.29, 0.717) is 22.2 Å². The van der Waals surface area contributed by atoms with Gasteiger partial charge >= 0.3 is 0 Å². The second-order valence-electron chi connectivity index (χ2n) is 4.35. The topological polar surface area (TPSA) is 55.4 Å². The molecule has 0 saturated carbocycles. The van der Waals surface area contributed by atoms with Gasteiger partial charge in [-0.15, -0.1) is 0 Å². The van der Waals surface area contributed by atoms with Crippen molar-refractivity contribution in [1.29, 1.82) is 0 Å². The maximum absolute atomic E-state index is 12.0. The Kier molecular flexibility index (Phi) is 5.18. The average Bonchev–Trinajstić information content (AvgIpc) is 2.78. The van der Waals surface area contributed by atoms with Crippen LogP contribution in [0.1, 0.15) is 13.3 Å². The first-order chi connectivity index (χ1) is 9.47. The summed E-state index contributed by atoms with van der Waals surface area (Å²) in [5.41, 5.74) is 0. The highest BCUT2D eigenvalue weighted by Gasteiger charge is 2.28. The van der Waals surface area contributed by atoms with Gasteiger partial charge in [-0.2, -0.15) is 0 Å². The van der Waals surface area contributed by atoms with Crippen LogP contribution in [0.2, 0.25) is 10.0 Å². The largest absolute Gasteiger partial charge is 0.479 e. The van der Waals surface area contributed by atoms with Gasteiger partial charge in [0.2, 0.25) is 5.12 Å². The minimum absolute atomic E-state index is 0.00456. The van der Waals surface area contributed by atoms with Crippen LogP contribution in [0, 0.1) is 0 Å². The van der Waals surface area contributed by atoms with E-state index in [1.54, 1.807) is 25.1 Å². The molecule has 7 heteroatoms. The third-order valence-corrected chi connectivity index (χ3v) is 4.36. The molecule has 2 atom stereocenters. The molecule has 1 aromatic carbocycles. The molecule has 1 N–H and O–H groups in total. The van der Waals surface area contributed by atoms with E-state index in [-0.39, 0.29) is 11.0 Å². The Morgan fingerprint density at radius 1 is 1.50 bits per heavy atom. The van der Waals surface area contributed by atoms with E-state index in [0.717, 1.165) is 5.75 Å². The molecule has 0 spiro atoms. The van der Waals surface area contributed by atoms with Crippen molar-refractivity contribution in [3.05, 3.63) is 28.2 Å². The van der Waals surface area contributed by atoms with E-state index in [1.165, 1.54) is 11.8 Å². The summed E-state index contributed by atoms with van der Waals surface area (Å²) < 4.78 is 5.49. The lowest BCUT2D eigenvalue weighted by Crippen LogP contribution is -2.44. The molecule has 0 radical (unpaired) electrons. The minimum atomic E-state index is -0.743. The van der Waals surface area contributed by atoms with E-state index < -0.39 is 12.1 Å². The molecule has 1 saturated heterocycles. The fraction of sp³-hybridized carbons (Fsp3) is 0.385. The smallest absolute Gasteiger partial charge is 0.261 e. The molecular formula is C13H13Cl2NO3S. The molecule has 0 aromatic heterocycles. The van der Waals surface area contributed by atoms with Gasteiger partial charge in [-0.1, -0.05) is 35.0 Å². The van der Waals surface area contributed by atoms with Crippen molar-refractivity contribution in [3.8, 4) is 5.75 Å². The average molecular weight is 334 g/mol. The zero-order valence-corrected chi connectivity index (χ0v) is 13.0. The molecule has 1 amide bonds. The number of amides is 1. The Hall–Kier alpha value is -0.910. The molecule has 108 valence electrons. The van der Waals surface area contributed by atoms with Gasteiger partial charge in [0, 0.05) is 10.8 Å². The summed E-state index contributed by atoms with van der Waals surface area (Å²) in [5.74, 6) is 0.782. The van der Waals surface area contributed by atoms with Crippen molar-refractivity contribution in [2.75, 3.05) is 5.75 Å². The zero-order valence-electron chi connectivity index (χ0n) is 10.7. The van der Waals surface area contributed by atoms with E-state index >= 15 is 0 Å². The predicted molar refractivity (Wildman–Crippen MR) is 80.6 cm³/mol. The van der Waals surface area contributed by atoms with Crippen LogP contribution < -0.4 is 10.1 Å². The Balaban J connectivity index is 1.95. The number of rotatable bonds is 4. The van der Waals surface area contributed by atoms with Gasteiger partial charge in [0.05, 0.1) is 11.1 Å². The quantitative estimate of drug-likeness (QED) is 0.920. The van der Waals surface area contributed by atoms with Crippen LogP contribution in [0.3, 0.4) is 0 Å². The second-order valence-corrected chi connectivity index (χ2v) is 6.30. The Labute approximate surface area is 131 Å². The fourth-order valence-electron chi connectivity index (χ4n) is 1.73. The second kappa shape index (κ2) is 6.70. The third kappa shape index (κ3) is 3.81. The highest BCUT2D eigenvalue weighted by Crippen LogP contribution is 2.28. The van der Waals surface area contributed by atoms with Crippen LogP contribution >= 0.6 is 35.0 Å². The van der Waals surface area contributed by atoms with Crippen LogP contribution in [0.15, 0.2) is 18.2 Å². The van der Waals surface area contributed by atoms with Gasteiger partial charge in [0.25, 0.3) is 5.91 Å². The Morgan fingerprint density at radius 3 is 2.85 bits per heavy atom. The van der Waals surface area contributed by atoms with Crippen molar-refractivity contribution in [1.82, 2.24) is 5.32 Å². The molecule has 4 nitrogen and oxygen atoms in total. The monoisotopic (exact) mass is 333 g/mol. The van der Waals surface area contributed by atoms with E-state index in [4.69, 9.17) is 27.9 Å². The summed E-state index contributed by atoms with van der Waals surface area (Å²) >= 11 is 13.0. The standard InChI is InChI=1S/C13H13Cl2NO3S/c1-7(12(17)16-10-4-5-20-13(10)18)19-11-3-2-8(14)6-9(11)15/h2-3,6-7,10H,4-5H2,1H3,(H,16,17)/t7-,10+/m0/s1. The molecule has 1 aliphatic heterocycles. The highest BCUT2D eigenvalue weighted by molar-refractivity contribution is 8.14. The number of ether oxygens (including phenoxy) is 1. The lowest BCUT2D eigenvalue weighted by molar-refractivity contribution is -0.129. The predicted octanol–water partition coefficient (Wildman–Crippen LogP) is 2.91. The number of thioether (sulfide) groups is 1. The van der Waals surface area contributed by atoms with Crippen molar-refractivity contribution in [3.63, 3.8) is 0 Å². The summed E-state index contributed by atoms with van der Waals surface area (Å²) in [4.78, 5) is 23.4. The first kappa shape index (κ1) is 15.5. The lowest BCUT2D eigenvalue weighted by atomic mass is 10.2. The van der Waals surface area contributed by atoms with Crippen LogP contribution in [-0.2, 0) is 9.59 Å². The van der Waals surface area contributed by atoms with Crippen molar-refractivity contribution in [2.24, 2.45) is 0 Å². The third-order valence-electron chi connectivity index (χ3n) is 2.82. The van der Waals surface area contributed by atoms with Gasteiger partial charge in [-0.3, -0.25) is 9.59 Å². The Morgan fingerprint density at radius 2 is 2.25 bits per heavy atom. The number of halogens is 2. The summed E-state index contributed by atoms with van der Waals surface area (Å²) in [6.07, 6.45) is -0.0870. The summed E-state index contributed by atoms with van der Waals surface area (Å²) in [7, 11) is 0. The van der Waals surface area contributed by atoms with Crippen molar-refractivity contribution in [2.45, 2.75) is 25.5 Å². The number of carbonyl (C=O) groups is 2. The minimum Gasteiger partial charge on any atom is -0.479 e. The number of hydrogen-bond acceptors (Lipinski definition) is 4. The highest BCUT2D eigenvalue weighted by atomic mass is 35.5. The molecule has 0 bridgehead atoms. The summed E-state index contributed by atoms with van der Waals surface area (Å²) in [5, 5.41) is 3.50. The van der Waals surface area contributed by atoms with Gasteiger partial charge < -0.3 is 10.1 Å². The fourth-order valence-corrected chi connectivity index (χ4v) is 3.12. The first-order valence-corrected chi connectivity index (χ1v) is 7.80. The van der Waals surface area contributed by atoms with E-state index in [1.807, 2.05) is 0 Å². The number of hydrogen-bond donors (Lipinski definition) is 1. The lowest BCUT2D eigenvalue weighted by Gasteiger charge is -2.17. The van der Waals surface area contributed by atoms with Gasteiger partial charge in [0.1, 0.15) is 5.75 Å². The van der Waals surface area contributed by atoms with Gasteiger partial charge in [0.15, 0.2) is 6.10 Å². The molecular weight excluding hydrogens is 321 g/mol. The molecule has 1 fully saturated rings. The maximum Gasteiger partial charge on any atom is 0.261 e. The van der Waals surface area contributed by atoms with E-state index in [9.17, 15) is 9.59 Å². The number of carbonyl (C=O) groups excluding carboxylic acids is 2. The molecule has 1 aromatic rings.